The highest BCUT2D eigenvalue weighted by Crippen LogP contribution is 2.44. The van der Waals surface area contributed by atoms with E-state index in [1.807, 2.05) is 12.1 Å². The maximum Gasteiger partial charge on any atom is 0.146 e. The Morgan fingerprint density at radius 1 is 0.500 bits per heavy atom. The predicted molar refractivity (Wildman–Crippen MR) is 83.0 cm³/mol. The molecular weight excluding hydrogens is 280 g/mol. The summed E-state index contributed by atoms with van der Waals surface area (Å²) in [5.41, 5.74) is 1.65. The van der Waals surface area contributed by atoms with Gasteiger partial charge in [-0.15, -0.1) is 0 Å². The molecule has 4 heteroatoms. The predicted octanol–water partition coefficient (Wildman–Crippen LogP) is 5.82. The highest BCUT2D eigenvalue weighted by atomic mass is 16.3. The molecule has 4 aromatic heterocycles. The molecule has 0 unspecified atom stereocenters. The molecule has 2 aromatic carbocycles. The topological polar surface area (TPSA) is 52.6 Å². The summed E-state index contributed by atoms with van der Waals surface area (Å²) in [6, 6.07) is 3.93. The van der Waals surface area contributed by atoms with Crippen LogP contribution in [0.1, 0.15) is 0 Å². The van der Waals surface area contributed by atoms with Gasteiger partial charge in [0.25, 0.3) is 0 Å². The van der Waals surface area contributed by atoms with E-state index in [2.05, 4.69) is 0 Å². The lowest BCUT2D eigenvalue weighted by atomic mass is 9.96. The van der Waals surface area contributed by atoms with Crippen LogP contribution in [0.25, 0.3) is 54.3 Å². The maximum atomic E-state index is 5.78. The van der Waals surface area contributed by atoms with Crippen molar-refractivity contribution in [3.8, 4) is 0 Å². The molecule has 104 valence electrons. The fourth-order valence-electron chi connectivity index (χ4n) is 3.58. The molecule has 0 bridgehead atoms. The third kappa shape index (κ3) is 1.01. The quantitative estimate of drug-likeness (QED) is 0.353. The SMILES string of the molecule is c1cc2c(o1)c1ccoc1c1c3cocc3c3cocc3c21. The molecule has 0 atom stereocenters. The van der Waals surface area contributed by atoms with Gasteiger partial charge in [0.15, 0.2) is 0 Å². The molecule has 0 radical (unpaired) electrons. The van der Waals surface area contributed by atoms with Gasteiger partial charge in [-0.3, -0.25) is 0 Å². The zero-order valence-electron chi connectivity index (χ0n) is 11.3. The summed E-state index contributed by atoms with van der Waals surface area (Å²) in [5, 5.41) is 8.24. The van der Waals surface area contributed by atoms with Gasteiger partial charge >= 0.3 is 0 Å². The first-order chi connectivity index (χ1) is 10.9. The second-order valence-electron chi connectivity index (χ2n) is 5.48. The summed E-state index contributed by atoms with van der Waals surface area (Å²) in [6.07, 6.45) is 10.4. The van der Waals surface area contributed by atoms with Gasteiger partial charge < -0.3 is 17.7 Å². The van der Waals surface area contributed by atoms with Crippen LogP contribution in [-0.2, 0) is 0 Å². The minimum atomic E-state index is 0.812. The molecular formula is C18H8O4. The van der Waals surface area contributed by atoms with Gasteiger partial charge in [-0.05, 0) is 12.1 Å². The zero-order chi connectivity index (χ0) is 14.3. The van der Waals surface area contributed by atoms with Crippen LogP contribution in [0.2, 0.25) is 0 Å². The number of benzene rings is 2. The molecule has 4 heterocycles. The van der Waals surface area contributed by atoms with Crippen LogP contribution >= 0.6 is 0 Å². The summed E-state index contributed by atoms with van der Waals surface area (Å²) in [7, 11) is 0. The number of furan rings is 4. The number of fused-ring (bicyclic) bond motifs is 11. The lowest BCUT2D eigenvalue weighted by Gasteiger charge is -2.05. The van der Waals surface area contributed by atoms with Crippen molar-refractivity contribution in [1.29, 1.82) is 0 Å². The Labute approximate surface area is 122 Å². The Morgan fingerprint density at radius 3 is 1.86 bits per heavy atom. The highest BCUT2D eigenvalue weighted by molar-refractivity contribution is 6.37. The maximum absolute atomic E-state index is 5.78. The fourth-order valence-corrected chi connectivity index (χ4v) is 3.58. The van der Waals surface area contributed by atoms with Crippen molar-refractivity contribution in [3.05, 3.63) is 49.7 Å². The minimum Gasteiger partial charge on any atom is -0.471 e. The molecule has 0 N–H and O–H groups in total. The average molecular weight is 288 g/mol. The Kier molecular flexibility index (Phi) is 1.61. The van der Waals surface area contributed by atoms with Gasteiger partial charge in [-0.25, -0.2) is 0 Å². The van der Waals surface area contributed by atoms with Crippen LogP contribution in [-0.4, -0.2) is 0 Å². The molecule has 0 aliphatic carbocycles. The Bertz CT molecular complexity index is 1120. The molecule has 4 nitrogen and oxygen atoms in total. The van der Waals surface area contributed by atoms with Crippen molar-refractivity contribution in [3.63, 3.8) is 0 Å². The van der Waals surface area contributed by atoms with Gasteiger partial charge in [-0.1, -0.05) is 0 Å². The Balaban J connectivity index is 2.19. The molecule has 0 aliphatic heterocycles. The number of rotatable bonds is 0. The molecule has 0 saturated carbocycles. The smallest absolute Gasteiger partial charge is 0.146 e. The highest BCUT2D eigenvalue weighted by Gasteiger charge is 2.20. The van der Waals surface area contributed by atoms with E-state index in [-0.39, 0.29) is 0 Å². The van der Waals surface area contributed by atoms with Crippen molar-refractivity contribution < 1.29 is 17.7 Å². The molecule has 6 aromatic rings. The summed E-state index contributed by atoms with van der Waals surface area (Å²) in [4.78, 5) is 0. The van der Waals surface area contributed by atoms with E-state index in [1.54, 1.807) is 37.6 Å². The van der Waals surface area contributed by atoms with Gasteiger partial charge in [0.05, 0.1) is 43.0 Å². The Morgan fingerprint density at radius 2 is 1.09 bits per heavy atom. The second-order valence-corrected chi connectivity index (χ2v) is 5.48. The van der Waals surface area contributed by atoms with Crippen molar-refractivity contribution in [2.45, 2.75) is 0 Å². The lowest BCUT2D eigenvalue weighted by Crippen LogP contribution is -1.80. The van der Waals surface area contributed by atoms with Crippen LogP contribution in [0.4, 0.5) is 0 Å². The van der Waals surface area contributed by atoms with E-state index in [4.69, 9.17) is 17.7 Å². The van der Waals surface area contributed by atoms with E-state index in [0.29, 0.717) is 0 Å². The number of hydrogen-bond donors (Lipinski definition) is 0. The van der Waals surface area contributed by atoms with E-state index in [9.17, 15) is 0 Å². The largest absolute Gasteiger partial charge is 0.471 e. The summed E-state index contributed by atoms with van der Waals surface area (Å²) >= 11 is 0. The van der Waals surface area contributed by atoms with Crippen molar-refractivity contribution in [2.24, 2.45) is 0 Å². The number of hydrogen-bond acceptors (Lipinski definition) is 4. The molecule has 6 rings (SSSR count). The molecule has 22 heavy (non-hydrogen) atoms. The monoisotopic (exact) mass is 288 g/mol. The van der Waals surface area contributed by atoms with Gasteiger partial charge in [0.1, 0.15) is 11.2 Å². The summed E-state index contributed by atoms with van der Waals surface area (Å²) in [5.74, 6) is 0. The fraction of sp³-hybridized carbons (Fsp3) is 0. The first-order valence-corrected chi connectivity index (χ1v) is 6.97. The molecule has 0 fully saturated rings. The average Bonchev–Trinajstić information content (AvgIpc) is 3.28. The van der Waals surface area contributed by atoms with E-state index >= 15 is 0 Å². The van der Waals surface area contributed by atoms with Crippen molar-refractivity contribution in [2.75, 3.05) is 0 Å². The third-order valence-electron chi connectivity index (χ3n) is 4.47. The third-order valence-corrected chi connectivity index (χ3v) is 4.47. The zero-order valence-corrected chi connectivity index (χ0v) is 11.3. The second kappa shape index (κ2) is 3.36. The van der Waals surface area contributed by atoms with Crippen molar-refractivity contribution in [1.82, 2.24) is 0 Å². The summed E-state index contributed by atoms with van der Waals surface area (Å²) < 4.78 is 22.4. The normalized spacial score (nSPS) is 12.5. The van der Waals surface area contributed by atoms with E-state index in [0.717, 1.165) is 54.3 Å². The van der Waals surface area contributed by atoms with Crippen LogP contribution < -0.4 is 0 Å². The van der Waals surface area contributed by atoms with E-state index in [1.165, 1.54) is 0 Å². The molecule has 0 aliphatic rings. The molecule has 0 amide bonds. The molecule has 0 saturated heterocycles. The van der Waals surface area contributed by atoms with Crippen molar-refractivity contribution >= 4 is 54.3 Å². The van der Waals surface area contributed by atoms with Crippen LogP contribution in [0, 0.1) is 0 Å². The standard InChI is InChI=1S/C18H8O4/c1-3-21-17-9(1)15-13-7-19-5-11(13)12-6-20-8-14(12)16(15)18-10(17)2-4-22-18/h1-8H. The molecule has 0 spiro atoms. The van der Waals surface area contributed by atoms with Crippen LogP contribution in [0.5, 0.6) is 0 Å². The first-order valence-electron chi connectivity index (χ1n) is 6.97. The van der Waals surface area contributed by atoms with Gasteiger partial charge in [0.2, 0.25) is 0 Å². The van der Waals surface area contributed by atoms with E-state index < -0.39 is 0 Å². The first kappa shape index (κ1) is 10.6. The minimum absolute atomic E-state index is 0.812. The Hall–Kier alpha value is -3.14. The van der Waals surface area contributed by atoms with Crippen LogP contribution in [0.15, 0.2) is 67.4 Å². The van der Waals surface area contributed by atoms with Crippen LogP contribution in [0.3, 0.4) is 0 Å². The van der Waals surface area contributed by atoms with Gasteiger partial charge in [0, 0.05) is 37.7 Å². The summed E-state index contributed by atoms with van der Waals surface area (Å²) in [6.45, 7) is 0. The lowest BCUT2D eigenvalue weighted by molar-refractivity contribution is 0.570. The van der Waals surface area contributed by atoms with Gasteiger partial charge in [-0.2, -0.15) is 0 Å².